The average Bonchev–Trinajstić information content (AvgIpc) is 3.59. The molecule has 5 atom stereocenters. The molecule has 5 rings (SSSR count). The van der Waals surface area contributed by atoms with E-state index in [4.69, 9.17) is 29.6 Å². The molecule has 1 aromatic heterocycles. The number of nitrogens with zero attached hydrogens (tertiary/aromatic N) is 1. The molecule has 3 aliphatic rings. The van der Waals surface area contributed by atoms with Gasteiger partial charge in [0.1, 0.15) is 11.7 Å². The van der Waals surface area contributed by atoms with Crippen molar-refractivity contribution in [1.29, 1.82) is 0 Å². The molecule has 5 unspecified atom stereocenters. The van der Waals surface area contributed by atoms with Crippen LogP contribution in [0.2, 0.25) is 10.0 Å². The molecule has 0 spiro atoms. The number of hydrogen-bond acceptors (Lipinski definition) is 3. The topological polar surface area (TPSA) is 94.3 Å². The number of nitrogens with one attached hydrogen (secondary N) is 3. The third-order valence-corrected chi connectivity index (χ3v) is 8.19. The zero-order chi connectivity index (χ0) is 24.0. The number of H-pyrrole nitrogens is 1. The highest BCUT2D eigenvalue weighted by atomic mass is 35.5. The monoisotopic (exact) mass is 500 g/mol. The van der Waals surface area contributed by atoms with Crippen molar-refractivity contribution < 1.29 is 14.4 Å². The normalized spacial score (nSPS) is 26.9. The molecule has 3 fully saturated rings. The second kappa shape index (κ2) is 9.16. The summed E-state index contributed by atoms with van der Waals surface area (Å²) < 4.78 is 0. The molecule has 1 aliphatic carbocycles. The Morgan fingerprint density at radius 1 is 1.24 bits per heavy atom. The minimum atomic E-state index is -0.606. The summed E-state index contributed by atoms with van der Waals surface area (Å²) in [6.07, 6.45) is 9.72. The van der Waals surface area contributed by atoms with Crippen molar-refractivity contribution in [2.75, 3.05) is 13.1 Å². The highest BCUT2D eigenvalue weighted by Gasteiger charge is 2.50. The van der Waals surface area contributed by atoms with Crippen molar-refractivity contribution in [3.63, 3.8) is 0 Å². The van der Waals surface area contributed by atoms with Crippen LogP contribution in [-0.4, -0.2) is 52.8 Å². The molecule has 3 amide bonds. The molecule has 34 heavy (non-hydrogen) atoms. The fraction of sp³-hybridized carbons (Fsp3) is 0.480. The van der Waals surface area contributed by atoms with Gasteiger partial charge in [-0.2, -0.15) is 0 Å². The highest BCUT2D eigenvalue weighted by molar-refractivity contribution is 6.40. The van der Waals surface area contributed by atoms with Crippen LogP contribution in [0.1, 0.15) is 42.6 Å². The molecule has 0 radical (unpaired) electrons. The van der Waals surface area contributed by atoms with Crippen molar-refractivity contribution in [3.05, 3.63) is 33.9 Å². The van der Waals surface area contributed by atoms with Gasteiger partial charge in [0.05, 0.1) is 21.6 Å². The van der Waals surface area contributed by atoms with Crippen LogP contribution in [0.25, 0.3) is 10.9 Å². The van der Waals surface area contributed by atoms with Gasteiger partial charge in [-0.1, -0.05) is 35.5 Å². The van der Waals surface area contributed by atoms with Gasteiger partial charge in [-0.15, -0.1) is 6.42 Å². The second-order valence-electron chi connectivity index (χ2n) is 9.50. The number of aromatic nitrogens is 1. The van der Waals surface area contributed by atoms with Crippen molar-refractivity contribution in [2.45, 2.75) is 44.2 Å². The summed E-state index contributed by atoms with van der Waals surface area (Å²) in [6, 6.07) is 3.89. The van der Waals surface area contributed by atoms with Crippen LogP contribution in [0.5, 0.6) is 0 Å². The van der Waals surface area contributed by atoms with Crippen molar-refractivity contribution >= 4 is 51.8 Å². The van der Waals surface area contributed by atoms with Gasteiger partial charge in [0.15, 0.2) is 0 Å². The number of aromatic amines is 1. The van der Waals surface area contributed by atoms with Gasteiger partial charge < -0.3 is 20.5 Å². The first kappa shape index (κ1) is 23.1. The van der Waals surface area contributed by atoms with Crippen molar-refractivity contribution in [3.8, 4) is 12.3 Å². The quantitative estimate of drug-likeness (QED) is 0.549. The molecule has 3 N–H and O–H groups in total. The predicted molar refractivity (Wildman–Crippen MR) is 130 cm³/mol. The number of terminal acetylenes is 1. The van der Waals surface area contributed by atoms with E-state index >= 15 is 0 Å². The number of rotatable bonds is 5. The minimum Gasteiger partial charge on any atom is -0.356 e. The number of carbonyl (C=O) groups excluding carboxylic acids is 3. The molecule has 0 bridgehead atoms. The lowest BCUT2D eigenvalue weighted by molar-refractivity contribution is -0.127. The van der Waals surface area contributed by atoms with E-state index in [-0.39, 0.29) is 35.5 Å². The Bertz CT molecular complexity index is 1160. The van der Waals surface area contributed by atoms with Gasteiger partial charge in [0, 0.05) is 24.4 Å². The van der Waals surface area contributed by atoms with E-state index in [9.17, 15) is 14.4 Å². The molecular weight excluding hydrogens is 475 g/mol. The van der Waals surface area contributed by atoms with Crippen LogP contribution in [0.3, 0.4) is 0 Å². The standard InChI is InChI=1S/C25H26Cl2N4O3/c1-2-15(10-13-8-9-28-23(13)32)29-24(33)22-16-5-3-4-14(16)12-31(22)25(34)20-11-17-18(26)6-7-19(27)21(17)30-20/h1,6-7,11,13-16,22,30H,3-5,8-10,12H2,(H,28,32)(H,29,33). The number of amides is 3. The maximum atomic E-state index is 13.6. The van der Waals surface area contributed by atoms with E-state index in [1.165, 1.54) is 0 Å². The first-order valence-corrected chi connectivity index (χ1v) is 12.4. The van der Waals surface area contributed by atoms with E-state index in [2.05, 4.69) is 21.5 Å². The van der Waals surface area contributed by atoms with E-state index in [1.54, 1.807) is 23.1 Å². The van der Waals surface area contributed by atoms with E-state index in [0.29, 0.717) is 52.6 Å². The fourth-order valence-electron chi connectivity index (χ4n) is 5.85. The van der Waals surface area contributed by atoms with Gasteiger partial charge >= 0.3 is 0 Å². The van der Waals surface area contributed by atoms with Crippen LogP contribution in [-0.2, 0) is 9.59 Å². The SMILES string of the molecule is C#CC(CC1CCNC1=O)NC(=O)C1C2CCCC2CN1C(=O)c1cc2c(Cl)ccc(Cl)c2[nH]1. The smallest absolute Gasteiger partial charge is 0.271 e. The summed E-state index contributed by atoms with van der Waals surface area (Å²) in [5, 5.41) is 7.38. The van der Waals surface area contributed by atoms with Crippen LogP contribution in [0, 0.1) is 30.1 Å². The average molecular weight is 501 g/mol. The third kappa shape index (κ3) is 4.03. The zero-order valence-corrected chi connectivity index (χ0v) is 20.1. The second-order valence-corrected chi connectivity index (χ2v) is 10.3. The maximum Gasteiger partial charge on any atom is 0.271 e. The van der Waals surface area contributed by atoms with Gasteiger partial charge in [0.25, 0.3) is 5.91 Å². The summed E-state index contributed by atoms with van der Waals surface area (Å²) in [4.78, 5) is 43.8. The lowest BCUT2D eigenvalue weighted by Crippen LogP contribution is -2.51. The van der Waals surface area contributed by atoms with Crippen molar-refractivity contribution in [1.82, 2.24) is 20.5 Å². The summed E-state index contributed by atoms with van der Waals surface area (Å²) in [5.41, 5.74) is 0.944. The minimum absolute atomic E-state index is 0.0286. The van der Waals surface area contributed by atoms with Crippen molar-refractivity contribution in [2.24, 2.45) is 17.8 Å². The van der Waals surface area contributed by atoms with Crippen LogP contribution in [0.15, 0.2) is 18.2 Å². The van der Waals surface area contributed by atoms with Gasteiger partial charge in [-0.05, 0) is 55.7 Å². The summed E-state index contributed by atoms with van der Waals surface area (Å²) in [6.45, 7) is 1.14. The number of halogens is 2. The molecule has 2 saturated heterocycles. The molecule has 7 nitrogen and oxygen atoms in total. The molecule has 1 saturated carbocycles. The Hall–Kier alpha value is -2.69. The summed E-state index contributed by atoms with van der Waals surface area (Å²) in [7, 11) is 0. The highest BCUT2D eigenvalue weighted by Crippen LogP contribution is 2.43. The first-order chi connectivity index (χ1) is 16.4. The number of fused-ring (bicyclic) bond motifs is 2. The lowest BCUT2D eigenvalue weighted by Gasteiger charge is -2.28. The van der Waals surface area contributed by atoms with Crippen LogP contribution >= 0.6 is 23.2 Å². The predicted octanol–water partition coefficient (Wildman–Crippen LogP) is 3.36. The Morgan fingerprint density at radius 2 is 2.03 bits per heavy atom. The largest absolute Gasteiger partial charge is 0.356 e. The van der Waals surface area contributed by atoms with Gasteiger partial charge in [-0.25, -0.2) is 0 Å². The molecule has 9 heteroatoms. The van der Waals surface area contributed by atoms with E-state index in [1.807, 2.05) is 0 Å². The van der Waals surface area contributed by atoms with E-state index in [0.717, 1.165) is 19.3 Å². The number of carbonyl (C=O) groups is 3. The molecule has 2 aromatic rings. The summed E-state index contributed by atoms with van der Waals surface area (Å²) >= 11 is 12.6. The molecule has 1 aromatic carbocycles. The Kier molecular flexibility index (Phi) is 6.22. The van der Waals surface area contributed by atoms with Gasteiger partial charge in [0.2, 0.25) is 11.8 Å². The summed E-state index contributed by atoms with van der Waals surface area (Å²) in [5.74, 6) is 2.24. The Labute approximate surface area is 207 Å². The van der Waals surface area contributed by atoms with Gasteiger partial charge in [-0.3, -0.25) is 14.4 Å². The molecule has 3 heterocycles. The molecule has 178 valence electrons. The van der Waals surface area contributed by atoms with E-state index < -0.39 is 12.1 Å². The Morgan fingerprint density at radius 3 is 2.74 bits per heavy atom. The molecular formula is C25H26Cl2N4O3. The Balaban J connectivity index is 1.38. The van der Waals surface area contributed by atoms with Crippen LogP contribution in [0.4, 0.5) is 0 Å². The maximum absolute atomic E-state index is 13.6. The number of likely N-dealkylation sites (tertiary alicyclic amines) is 1. The third-order valence-electron chi connectivity index (χ3n) is 7.54. The zero-order valence-electron chi connectivity index (χ0n) is 18.6. The lowest BCUT2D eigenvalue weighted by atomic mass is 9.92. The fourth-order valence-corrected chi connectivity index (χ4v) is 6.28. The molecule has 2 aliphatic heterocycles. The number of hydrogen-bond donors (Lipinski definition) is 3. The first-order valence-electron chi connectivity index (χ1n) is 11.7. The number of benzene rings is 1. The van der Waals surface area contributed by atoms with Crippen LogP contribution < -0.4 is 10.6 Å².